The quantitative estimate of drug-likeness (QED) is 0.855. The van der Waals surface area contributed by atoms with Gasteiger partial charge in [-0.1, -0.05) is 52.3 Å². The third kappa shape index (κ3) is 4.90. The van der Waals surface area contributed by atoms with E-state index in [0.717, 1.165) is 24.1 Å². The average molecular weight is 389 g/mol. The molecule has 0 aliphatic carbocycles. The summed E-state index contributed by atoms with van der Waals surface area (Å²) in [4.78, 5) is 14.6. The number of rotatable bonds is 5. The molecule has 0 aromatic heterocycles. The number of halogens is 1. The zero-order valence-corrected chi connectivity index (χ0v) is 15.0. The minimum atomic E-state index is -0.0694. The molecule has 24 heavy (non-hydrogen) atoms. The molecule has 1 aliphatic rings. The van der Waals surface area contributed by atoms with E-state index in [9.17, 15) is 4.79 Å². The summed E-state index contributed by atoms with van der Waals surface area (Å²) in [5.41, 5.74) is 1.96. The summed E-state index contributed by atoms with van der Waals surface area (Å²) in [6, 6.07) is 17.8. The van der Waals surface area contributed by atoms with E-state index in [1.807, 2.05) is 30.3 Å². The van der Waals surface area contributed by atoms with Crippen molar-refractivity contribution in [2.24, 2.45) is 0 Å². The summed E-state index contributed by atoms with van der Waals surface area (Å²) in [5.74, 6) is -0.0694. The number of nitrogens with zero attached hydrogens (tertiary/aromatic N) is 1. The monoisotopic (exact) mass is 388 g/mol. The summed E-state index contributed by atoms with van der Waals surface area (Å²) < 4.78 is 6.69. The Balaban J connectivity index is 1.49. The smallest absolute Gasteiger partial charge is 0.251 e. The van der Waals surface area contributed by atoms with E-state index in [1.54, 1.807) is 0 Å². The maximum absolute atomic E-state index is 12.2. The molecular formula is C19H21BrN2O2. The van der Waals surface area contributed by atoms with Crippen LogP contribution < -0.4 is 5.32 Å². The van der Waals surface area contributed by atoms with Crippen LogP contribution in [0.25, 0.3) is 0 Å². The molecule has 1 atom stereocenters. The number of carbonyl (C=O) groups excluding carboxylic acids is 1. The lowest BCUT2D eigenvalue weighted by Gasteiger charge is -2.33. The van der Waals surface area contributed by atoms with E-state index in [1.165, 1.54) is 5.56 Å². The third-order valence-electron chi connectivity index (χ3n) is 4.05. The Labute approximate surface area is 150 Å². The fraction of sp³-hybridized carbons (Fsp3) is 0.316. The second-order valence-electron chi connectivity index (χ2n) is 5.93. The summed E-state index contributed by atoms with van der Waals surface area (Å²) in [6.45, 7) is 3.89. The van der Waals surface area contributed by atoms with Crippen LogP contribution in [0.4, 0.5) is 0 Å². The van der Waals surface area contributed by atoms with Gasteiger partial charge in [0.05, 0.1) is 12.7 Å². The lowest BCUT2D eigenvalue weighted by Crippen LogP contribution is -2.47. The molecule has 1 N–H and O–H groups in total. The zero-order valence-electron chi connectivity index (χ0n) is 13.5. The number of amides is 1. The number of carbonyl (C=O) groups is 1. The Hall–Kier alpha value is -1.69. The Morgan fingerprint density at radius 3 is 2.83 bits per heavy atom. The Kier molecular flexibility index (Phi) is 6.01. The molecule has 1 unspecified atom stereocenters. The van der Waals surface area contributed by atoms with Crippen LogP contribution in [0, 0.1) is 0 Å². The van der Waals surface area contributed by atoms with Crippen LogP contribution in [-0.2, 0) is 11.3 Å². The molecule has 126 valence electrons. The van der Waals surface area contributed by atoms with Crippen LogP contribution in [0.15, 0.2) is 59.1 Å². The highest BCUT2D eigenvalue weighted by atomic mass is 79.9. The standard InChI is InChI=1S/C19H21BrN2O2/c20-17-8-4-7-16(11-17)19(23)21-12-18-14-22(9-10-24-18)13-15-5-2-1-3-6-15/h1-8,11,18H,9-10,12-14H2,(H,21,23). The van der Waals surface area contributed by atoms with E-state index in [0.29, 0.717) is 18.7 Å². The van der Waals surface area contributed by atoms with Gasteiger partial charge >= 0.3 is 0 Å². The predicted molar refractivity (Wildman–Crippen MR) is 97.9 cm³/mol. The van der Waals surface area contributed by atoms with Crippen molar-refractivity contribution in [3.05, 3.63) is 70.2 Å². The van der Waals surface area contributed by atoms with Gasteiger partial charge in [-0.15, -0.1) is 0 Å². The van der Waals surface area contributed by atoms with Crippen molar-refractivity contribution in [2.45, 2.75) is 12.6 Å². The van der Waals surface area contributed by atoms with Gasteiger partial charge in [0.25, 0.3) is 5.91 Å². The van der Waals surface area contributed by atoms with E-state index >= 15 is 0 Å². The highest BCUT2D eigenvalue weighted by Crippen LogP contribution is 2.12. The summed E-state index contributed by atoms with van der Waals surface area (Å²) in [6.07, 6.45) is 0.0264. The van der Waals surface area contributed by atoms with Crippen molar-refractivity contribution >= 4 is 21.8 Å². The van der Waals surface area contributed by atoms with E-state index in [4.69, 9.17) is 4.74 Å². The van der Waals surface area contributed by atoms with Crippen LogP contribution in [0.1, 0.15) is 15.9 Å². The average Bonchev–Trinajstić information content (AvgIpc) is 2.61. The molecule has 2 aromatic rings. The van der Waals surface area contributed by atoms with Crippen molar-refractivity contribution in [3.8, 4) is 0 Å². The molecule has 5 heteroatoms. The number of benzene rings is 2. The van der Waals surface area contributed by atoms with E-state index < -0.39 is 0 Å². The van der Waals surface area contributed by atoms with Crippen molar-refractivity contribution in [2.75, 3.05) is 26.2 Å². The van der Waals surface area contributed by atoms with Crippen LogP contribution >= 0.6 is 15.9 Å². The lowest BCUT2D eigenvalue weighted by molar-refractivity contribution is -0.0292. The van der Waals surface area contributed by atoms with Gasteiger partial charge in [-0.3, -0.25) is 9.69 Å². The third-order valence-corrected chi connectivity index (χ3v) is 4.54. The number of hydrogen-bond acceptors (Lipinski definition) is 3. The highest BCUT2D eigenvalue weighted by Gasteiger charge is 2.21. The van der Waals surface area contributed by atoms with Gasteiger partial charge in [0.1, 0.15) is 0 Å². The van der Waals surface area contributed by atoms with Crippen LogP contribution in [0.5, 0.6) is 0 Å². The first-order valence-electron chi connectivity index (χ1n) is 8.12. The fourth-order valence-electron chi connectivity index (χ4n) is 2.83. The van der Waals surface area contributed by atoms with Gasteiger partial charge in [-0.2, -0.15) is 0 Å². The SMILES string of the molecule is O=C(NCC1CN(Cc2ccccc2)CCO1)c1cccc(Br)c1. The van der Waals surface area contributed by atoms with E-state index in [2.05, 4.69) is 50.4 Å². The van der Waals surface area contributed by atoms with Gasteiger partial charge in [0.2, 0.25) is 0 Å². The van der Waals surface area contributed by atoms with Crippen molar-refractivity contribution in [3.63, 3.8) is 0 Å². The zero-order chi connectivity index (χ0) is 16.8. The molecule has 1 saturated heterocycles. The van der Waals surface area contributed by atoms with Crippen molar-refractivity contribution in [1.82, 2.24) is 10.2 Å². The molecule has 0 radical (unpaired) electrons. The molecule has 1 aliphatic heterocycles. The van der Waals surface area contributed by atoms with Crippen molar-refractivity contribution < 1.29 is 9.53 Å². The maximum Gasteiger partial charge on any atom is 0.251 e. The molecule has 1 heterocycles. The molecule has 1 amide bonds. The number of hydrogen-bond donors (Lipinski definition) is 1. The molecular weight excluding hydrogens is 368 g/mol. The van der Waals surface area contributed by atoms with E-state index in [-0.39, 0.29) is 12.0 Å². The summed E-state index contributed by atoms with van der Waals surface area (Å²) in [7, 11) is 0. The molecule has 0 saturated carbocycles. The molecule has 2 aromatic carbocycles. The second kappa shape index (κ2) is 8.42. The lowest BCUT2D eigenvalue weighted by atomic mass is 10.2. The Bertz CT molecular complexity index is 678. The highest BCUT2D eigenvalue weighted by molar-refractivity contribution is 9.10. The van der Waals surface area contributed by atoms with Crippen LogP contribution in [-0.4, -0.2) is 43.2 Å². The van der Waals surface area contributed by atoms with Gasteiger partial charge in [0.15, 0.2) is 0 Å². The molecule has 0 spiro atoms. The van der Waals surface area contributed by atoms with Gasteiger partial charge in [-0.25, -0.2) is 0 Å². The number of ether oxygens (including phenoxy) is 1. The first-order chi connectivity index (χ1) is 11.7. The molecule has 1 fully saturated rings. The molecule has 3 rings (SSSR count). The van der Waals surface area contributed by atoms with Crippen LogP contribution in [0.2, 0.25) is 0 Å². The van der Waals surface area contributed by atoms with Gasteiger partial charge in [-0.05, 0) is 23.8 Å². The number of morpholine rings is 1. The minimum absolute atomic E-state index is 0.0264. The second-order valence-corrected chi connectivity index (χ2v) is 6.85. The summed E-state index contributed by atoms with van der Waals surface area (Å²) >= 11 is 3.39. The van der Waals surface area contributed by atoms with Crippen molar-refractivity contribution in [1.29, 1.82) is 0 Å². The molecule has 4 nitrogen and oxygen atoms in total. The summed E-state index contributed by atoms with van der Waals surface area (Å²) in [5, 5.41) is 2.97. The fourth-order valence-corrected chi connectivity index (χ4v) is 3.23. The van der Waals surface area contributed by atoms with Gasteiger partial charge in [0, 0.05) is 36.2 Å². The minimum Gasteiger partial charge on any atom is -0.374 e. The first kappa shape index (κ1) is 17.1. The maximum atomic E-state index is 12.2. The van der Waals surface area contributed by atoms with Crippen LogP contribution in [0.3, 0.4) is 0 Å². The molecule has 0 bridgehead atoms. The van der Waals surface area contributed by atoms with Gasteiger partial charge < -0.3 is 10.1 Å². The topological polar surface area (TPSA) is 41.6 Å². The predicted octanol–water partition coefficient (Wildman–Crippen LogP) is 3.08. The Morgan fingerprint density at radius 2 is 2.04 bits per heavy atom. The Morgan fingerprint density at radius 1 is 1.21 bits per heavy atom. The normalized spacial score (nSPS) is 18.3. The largest absolute Gasteiger partial charge is 0.374 e. The first-order valence-corrected chi connectivity index (χ1v) is 8.91. The number of nitrogens with one attached hydrogen (secondary N) is 1.